The third-order valence-electron chi connectivity index (χ3n) is 3.81. The number of rotatable bonds is 4. The zero-order chi connectivity index (χ0) is 14.7. The molecule has 1 fully saturated rings. The van der Waals surface area contributed by atoms with Gasteiger partial charge in [-0.1, -0.05) is 19.1 Å². The van der Waals surface area contributed by atoms with Crippen LogP contribution in [0.4, 0.5) is 0 Å². The Morgan fingerprint density at radius 3 is 2.55 bits per heavy atom. The van der Waals surface area contributed by atoms with Gasteiger partial charge in [-0.2, -0.15) is 0 Å². The molecule has 4 nitrogen and oxygen atoms in total. The van der Waals surface area contributed by atoms with Crippen LogP contribution in [0.5, 0.6) is 0 Å². The number of amides is 1. The highest BCUT2D eigenvalue weighted by atomic mass is 32.1. The first kappa shape index (κ1) is 15.4. The number of aryl methyl sites for hydroxylation is 1. The molecule has 0 aromatic carbocycles. The van der Waals surface area contributed by atoms with Gasteiger partial charge < -0.3 is 10.6 Å². The zero-order valence-corrected chi connectivity index (χ0v) is 13.6. The van der Waals surface area contributed by atoms with Crippen LogP contribution in [0, 0.1) is 6.92 Å². The molecule has 1 aliphatic heterocycles. The Hall–Kier alpha value is -0.980. The van der Waals surface area contributed by atoms with Crippen molar-refractivity contribution in [3.8, 4) is 0 Å². The predicted octanol–water partition coefficient (Wildman–Crippen LogP) is 1.88. The molecule has 0 aliphatic carbocycles. The van der Waals surface area contributed by atoms with E-state index in [4.69, 9.17) is 18.0 Å². The van der Waals surface area contributed by atoms with E-state index in [9.17, 15) is 4.79 Å². The molecule has 0 radical (unpaired) electrons. The van der Waals surface area contributed by atoms with E-state index in [2.05, 4.69) is 11.8 Å². The largest absolute Gasteiger partial charge is 0.392 e. The summed E-state index contributed by atoms with van der Waals surface area (Å²) in [7, 11) is 0. The predicted molar refractivity (Wildman–Crippen MR) is 87.4 cm³/mol. The van der Waals surface area contributed by atoms with Gasteiger partial charge in [0.05, 0.1) is 15.9 Å². The minimum absolute atomic E-state index is 0.153. The fourth-order valence-electron chi connectivity index (χ4n) is 2.61. The van der Waals surface area contributed by atoms with Crippen molar-refractivity contribution in [2.75, 3.05) is 26.2 Å². The number of nitrogens with zero attached hydrogens (tertiary/aromatic N) is 2. The van der Waals surface area contributed by atoms with E-state index in [0.29, 0.717) is 4.99 Å². The standard InChI is InChI=1S/C14H21N3OS2/c1-3-11(13(15)19)16-5-7-17(8-6-16)14(18)12-10(2)4-9-20-12/h4,9,11H,3,5-8H2,1-2H3,(H2,15,19). The van der Waals surface area contributed by atoms with E-state index < -0.39 is 0 Å². The van der Waals surface area contributed by atoms with Crippen LogP contribution in [0.15, 0.2) is 11.4 Å². The maximum absolute atomic E-state index is 12.4. The number of hydrogen-bond donors (Lipinski definition) is 1. The Kier molecular flexibility index (Phi) is 5.12. The average molecular weight is 311 g/mol. The number of nitrogens with two attached hydrogens (primary N) is 1. The van der Waals surface area contributed by atoms with Gasteiger partial charge in [0.15, 0.2) is 0 Å². The third kappa shape index (κ3) is 3.19. The van der Waals surface area contributed by atoms with Gasteiger partial charge in [0.2, 0.25) is 0 Å². The molecule has 0 saturated carbocycles. The highest BCUT2D eigenvalue weighted by Crippen LogP contribution is 2.19. The van der Waals surface area contributed by atoms with Crippen LogP contribution in [-0.2, 0) is 0 Å². The number of thiophene rings is 1. The van der Waals surface area contributed by atoms with Gasteiger partial charge in [0.25, 0.3) is 5.91 Å². The quantitative estimate of drug-likeness (QED) is 0.863. The summed E-state index contributed by atoms with van der Waals surface area (Å²) in [5.74, 6) is 0.153. The molecule has 110 valence electrons. The lowest BCUT2D eigenvalue weighted by atomic mass is 10.1. The second-order valence-corrected chi connectivity index (χ2v) is 6.47. The lowest BCUT2D eigenvalue weighted by Crippen LogP contribution is -2.54. The van der Waals surface area contributed by atoms with Crippen molar-refractivity contribution in [3.05, 3.63) is 21.9 Å². The summed E-state index contributed by atoms with van der Waals surface area (Å²) in [5.41, 5.74) is 6.85. The van der Waals surface area contributed by atoms with Crippen molar-refractivity contribution in [3.63, 3.8) is 0 Å². The van der Waals surface area contributed by atoms with Gasteiger partial charge in [0.1, 0.15) is 0 Å². The van der Waals surface area contributed by atoms with Crippen molar-refractivity contribution in [2.24, 2.45) is 5.73 Å². The van der Waals surface area contributed by atoms with E-state index in [1.54, 1.807) is 0 Å². The molecule has 1 unspecified atom stereocenters. The zero-order valence-electron chi connectivity index (χ0n) is 12.0. The summed E-state index contributed by atoms with van der Waals surface area (Å²) in [6.45, 7) is 7.25. The van der Waals surface area contributed by atoms with E-state index in [-0.39, 0.29) is 11.9 Å². The van der Waals surface area contributed by atoms with Crippen LogP contribution < -0.4 is 5.73 Å². The second-order valence-electron chi connectivity index (χ2n) is 5.09. The summed E-state index contributed by atoms with van der Waals surface area (Å²) >= 11 is 6.64. The molecule has 1 saturated heterocycles. The molecule has 1 atom stereocenters. The van der Waals surface area contributed by atoms with Crippen LogP contribution in [0.2, 0.25) is 0 Å². The maximum Gasteiger partial charge on any atom is 0.264 e. The van der Waals surface area contributed by atoms with Crippen molar-refractivity contribution in [1.29, 1.82) is 0 Å². The van der Waals surface area contributed by atoms with Gasteiger partial charge in [-0.05, 0) is 30.4 Å². The van der Waals surface area contributed by atoms with Crippen LogP contribution in [0.1, 0.15) is 28.6 Å². The molecule has 2 rings (SSSR count). The monoisotopic (exact) mass is 311 g/mol. The average Bonchev–Trinajstić information content (AvgIpc) is 2.85. The fourth-order valence-corrected chi connectivity index (χ4v) is 3.82. The van der Waals surface area contributed by atoms with Crippen LogP contribution in [-0.4, -0.2) is 52.9 Å². The third-order valence-corrected chi connectivity index (χ3v) is 5.09. The highest BCUT2D eigenvalue weighted by Gasteiger charge is 2.27. The molecule has 2 N–H and O–H groups in total. The highest BCUT2D eigenvalue weighted by molar-refractivity contribution is 7.80. The molecule has 2 heterocycles. The summed E-state index contributed by atoms with van der Waals surface area (Å²) < 4.78 is 0. The van der Waals surface area contributed by atoms with Crippen molar-refractivity contribution >= 4 is 34.5 Å². The number of carbonyl (C=O) groups excluding carboxylic acids is 1. The first-order valence-corrected chi connectivity index (χ1v) is 8.20. The lowest BCUT2D eigenvalue weighted by molar-refractivity contribution is 0.0616. The van der Waals surface area contributed by atoms with E-state index in [0.717, 1.165) is 43.0 Å². The number of carbonyl (C=O) groups is 1. The van der Waals surface area contributed by atoms with Crippen molar-refractivity contribution < 1.29 is 4.79 Å². The van der Waals surface area contributed by atoms with Crippen molar-refractivity contribution in [1.82, 2.24) is 9.80 Å². The molecule has 1 amide bonds. The lowest BCUT2D eigenvalue weighted by Gasteiger charge is -2.38. The minimum atomic E-state index is 0.153. The summed E-state index contributed by atoms with van der Waals surface area (Å²) in [5, 5.41) is 1.97. The normalized spacial score (nSPS) is 18.0. The van der Waals surface area contributed by atoms with Gasteiger partial charge in [-0.15, -0.1) is 11.3 Å². The first-order chi connectivity index (χ1) is 9.54. The summed E-state index contributed by atoms with van der Waals surface area (Å²) in [6, 6.07) is 2.15. The Labute approximate surface area is 129 Å². The smallest absolute Gasteiger partial charge is 0.264 e. The molecule has 1 aromatic heterocycles. The van der Waals surface area contributed by atoms with E-state index in [1.807, 2.05) is 23.3 Å². The number of thiocarbonyl (C=S) groups is 1. The maximum atomic E-state index is 12.4. The second kappa shape index (κ2) is 6.65. The van der Waals surface area contributed by atoms with Crippen LogP contribution >= 0.6 is 23.6 Å². The van der Waals surface area contributed by atoms with Crippen molar-refractivity contribution in [2.45, 2.75) is 26.3 Å². The van der Waals surface area contributed by atoms with Gasteiger partial charge >= 0.3 is 0 Å². The van der Waals surface area contributed by atoms with E-state index in [1.165, 1.54) is 11.3 Å². The topological polar surface area (TPSA) is 49.6 Å². The fraction of sp³-hybridized carbons (Fsp3) is 0.571. The molecule has 6 heteroatoms. The van der Waals surface area contributed by atoms with Gasteiger partial charge in [-0.3, -0.25) is 9.69 Å². The molecular formula is C14H21N3OS2. The Balaban J connectivity index is 1.96. The Bertz CT molecular complexity index is 492. The SMILES string of the molecule is CCC(C(N)=S)N1CCN(C(=O)c2sccc2C)CC1. The molecule has 20 heavy (non-hydrogen) atoms. The molecule has 0 bridgehead atoms. The number of piperazine rings is 1. The van der Waals surface area contributed by atoms with Gasteiger partial charge in [0, 0.05) is 26.2 Å². The summed E-state index contributed by atoms with van der Waals surface area (Å²) in [4.78, 5) is 18.1. The van der Waals surface area contributed by atoms with Crippen LogP contribution in [0.3, 0.4) is 0 Å². The Morgan fingerprint density at radius 2 is 2.10 bits per heavy atom. The minimum Gasteiger partial charge on any atom is -0.392 e. The van der Waals surface area contributed by atoms with Crippen LogP contribution in [0.25, 0.3) is 0 Å². The molecule has 0 spiro atoms. The van der Waals surface area contributed by atoms with E-state index >= 15 is 0 Å². The van der Waals surface area contributed by atoms with Gasteiger partial charge in [-0.25, -0.2) is 0 Å². The Morgan fingerprint density at radius 1 is 1.45 bits per heavy atom. The first-order valence-electron chi connectivity index (χ1n) is 6.91. The molecule has 1 aliphatic rings. The molecule has 1 aromatic rings. The molecular weight excluding hydrogens is 290 g/mol. The summed E-state index contributed by atoms with van der Waals surface area (Å²) in [6.07, 6.45) is 0.924. The number of hydrogen-bond acceptors (Lipinski definition) is 4.